The number of ether oxygens (including phenoxy) is 1. The number of hydrogen-bond donors (Lipinski definition) is 0. The second kappa shape index (κ2) is 9.70. The summed E-state index contributed by atoms with van der Waals surface area (Å²) in [5, 5.41) is 0. The number of alkyl halides is 3. The molecule has 1 fully saturated rings. The Kier molecular flexibility index (Phi) is 6.73. The molecule has 0 saturated carbocycles. The Morgan fingerprint density at radius 2 is 1.70 bits per heavy atom. The van der Waals surface area contributed by atoms with E-state index in [1.54, 1.807) is 28.8 Å². The number of carbonyl (C=O) groups excluding carboxylic acids is 1. The van der Waals surface area contributed by atoms with Crippen molar-refractivity contribution in [2.45, 2.75) is 32.3 Å². The van der Waals surface area contributed by atoms with Gasteiger partial charge in [0.2, 0.25) is 5.91 Å². The minimum atomic E-state index is -4.70. The normalized spacial score (nSPS) is 15.2. The molecule has 10 heteroatoms. The molecule has 0 bridgehead atoms. The third kappa shape index (κ3) is 5.95. The smallest absolute Gasteiger partial charge is 0.408 e. The number of aromatic nitrogens is 1. The van der Waals surface area contributed by atoms with Crippen molar-refractivity contribution in [3.8, 4) is 5.75 Å². The molecule has 0 N–H and O–H groups in total. The van der Waals surface area contributed by atoms with E-state index in [2.05, 4.69) is 9.64 Å². The van der Waals surface area contributed by atoms with Gasteiger partial charge in [0.1, 0.15) is 5.75 Å². The van der Waals surface area contributed by atoms with E-state index >= 15 is 0 Å². The number of hydrogen-bond acceptors (Lipinski definition) is 5. The van der Waals surface area contributed by atoms with Crippen LogP contribution in [0.2, 0.25) is 0 Å². The van der Waals surface area contributed by atoms with Gasteiger partial charge in [-0.3, -0.25) is 14.3 Å². The molecule has 0 radical (unpaired) electrons. The molecule has 1 saturated heterocycles. The lowest BCUT2D eigenvalue weighted by molar-refractivity contribution is -0.274. The third-order valence-electron chi connectivity index (χ3n) is 5.63. The molecule has 1 aliphatic rings. The summed E-state index contributed by atoms with van der Waals surface area (Å²) in [5.41, 5.74) is 2.14. The van der Waals surface area contributed by atoms with Crippen LogP contribution in [0.5, 0.6) is 5.75 Å². The van der Waals surface area contributed by atoms with Crippen LogP contribution in [0.1, 0.15) is 18.4 Å². The molecule has 2 heterocycles. The average molecular weight is 463 g/mol. The molecule has 0 unspecified atom stereocenters. The van der Waals surface area contributed by atoms with E-state index in [4.69, 9.17) is 4.42 Å². The van der Waals surface area contributed by atoms with Gasteiger partial charge in [0.15, 0.2) is 5.58 Å². The summed E-state index contributed by atoms with van der Waals surface area (Å²) in [6, 6.07) is 13.0. The van der Waals surface area contributed by atoms with Gasteiger partial charge in [0.25, 0.3) is 0 Å². The maximum absolute atomic E-state index is 12.6. The van der Waals surface area contributed by atoms with Gasteiger partial charge in [0.05, 0.1) is 5.52 Å². The first-order valence-corrected chi connectivity index (χ1v) is 10.7. The van der Waals surface area contributed by atoms with Crippen molar-refractivity contribution in [1.29, 1.82) is 0 Å². The molecule has 3 aromatic rings. The summed E-state index contributed by atoms with van der Waals surface area (Å²) < 4.78 is 47.4. The molecule has 1 aromatic heterocycles. The molecule has 7 nitrogen and oxygen atoms in total. The highest BCUT2D eigenvalue weighted by Gasteiger charge is 2.31. The zero-order chi connectivity index (χ0) is 23.4. The Hall–Kier alpha value is -3.27. The fourth-order valence-corrected chi connectivity index (χ4v) is 3.98. The van der Waals surface area contributed by atoms with Crippen molar-refractivity contribution in [3.05, 3.63) is 64.6 Å². The van der Waals surface area contributed by atoms with Crippen LogP contribution in [-0.4, -0.2) is 52.8 Å². The molecule has 2 aromatic carbocycles. The van der Waals surface area contributed by atoms with E-state index < -0.39 is 12.1 Å². The number of para-hydroxylation sites is 2. The summed E-state index contributed by atoms with van der Waals surface area (Å²) in [6.45, 7) is 3.53. The molecule has 1 amide bonds. The number of aryl methyl sites for hydroxylation is 1. The first kappa shape index (κ1) is 22.9. The predicted octanol–water partition coefficient (Wildman–Crippen LogP) is 3.62. The third-order valence-corrected chi connectivity index (χ3v) is 5.63. The summed E-state index contributed by atoms with van der Waals surface area (Å²) in [4.78, 5) is 28.6. The lowest BCUT2D eigenvalue weighted by Gasteiger charge is -2.34. The number of rotatable bonds is 7. The van der Waals surface area contributed by atoms with Gasteiger partial charge in [-0.05, 0) is 36.2 Å². The van der Waals surface area contributed by atoms with Crippen LogP contribution in [0, 0.1) is 0 Å². The quantitative estimate of drug-likeness (QED) is 0.536. The molecule has 0 spiro atoms. The Morgan fingerprint density at radius 3 is 2.39 bits per heavy atom. The van der Waals surface area contributed by atoms with Crippen LogP contribution in [0.15, 0.2) is 57.7 Å². The van der Waals surface area contributed by atoms with Crippen molar-refractivity contribution in [2.75, 3.05) is 26.2 Å². The van der Waals surface area contributed by atoms with Crippen molar-refractivity contribution in [3.63, 3.8) is 0 Å². The van der Waals surface area contributed by atoms with E-state index in [-0.39, 0.29) is 11.7 Å². The summed E-state index contributed by atoms with van der Waals surface area (Å²) >= 11 is 0. The lowest BCUT2D eigenvalue weighted by Crippen LogP contribution is -2.48. The largest absolute Gasteiger partial charge is 0.573 e. The van der Waals surface area contributed by atoms with Gasteiger partial charge in [-0.25, -0.2) is 4.79 Å². The summed E-state index contributed by atoms with van der Waals surface area (Å²) in [6.07, 6.45) is -3.83. The van der Waals surface area contributed by atoms with Crippen LogP contribution in [0.3, 0.4) is 0 Å². The number of fused-ring (bicyclic) bond motifs is 1. The van der Waals surface area contributed by atoms with Gasteiger partial charge in [-0.2, -0.15) is 0 Å². The summed E-state index contributed by atoms with van der Waals surface area (Å²) in [7, 11) is 0. The number of piperazine rings is 1. The van der Waals surface area contributed by atoms with Crippen molar-refractivity contribution in [2.24, 2.45) is 0 Å². The van der Waals surface area contributed by atoms with E-state index in [1.165, 1.54) is 12.1 Å². The van der Waals surface area contributed by atoms with Gasteiger partial charge >= 0.3 is 12.1 Å². The summed E-state index contributed by atoms with van der Waals surface area (Å²) in [5.74, 6) is -0.619. The van der Waals surface area contributed by atoms with Crippen LogP contribution >= 0.6 is 0 Å². The topological polar surface area (TPSA) is 67.9 Å². The number of oxazole rings is 1. The predicted molar refractivity (Wildman–Crippen MR) is 115 cm³/mol. The van der Waals surface area contributed by atoms with Crippen LogP contribution < -0.4 is 10.5 Å². The Morgan fingerprint density at radius 1 is 1.00 bits per heavy atom. The number of nitrogens with zero attached hydrogens (tertiary/aromatic N) is 3. The molecule has 1 aliphatic heterocycles. The Bertz CT molecular complexity index is 1150. The zero-order valence-corrected chi connectivity index (χ0v) is 17.9. The number of benzene rings is 2. The highest BCUT2D eigenvalue weighted by molar-refractivity contribution is 5.76. The van der Waals surface area contributed by atoms with Crippen LogP contribution in [0.4, 0.5) is 13.2 Å². The molecular weight excluding hydrogens is 439 g/mol. The minimum absolute atomic E-state index is 0.0455. The van der Waals surface area contributed by atoms with E-state index in [0.29, 0.717) is 57.7 Å². The SMILES string of the molecule is O=C(CCCn1c(=O)oc2ccccc21)N1CCN(Cc2ccc(OC(F)(F)F)cc2)CC1. The Balaban J connectivity index is 1.21. The van der Waals surface area contributed by atoms with E-state index in [0.717, 1.165) is 11.1 Å². The maximum atomic E-state index is 12.6. The van der Waals surface area contributed by atoms with Gasteiger partial charge in [-0.15, -0.1) is 13.2 Å². The maximum Gasteiger partial charge on any atom is 0.573 e. The fourth-order valence-electron chi connectivity index (χ4n) is 3.98. The first-order valence-electron chi connectivity index (χ1n) is 10.7. The Labute approximate surface area is 187 Å². The monoisotopic (exact) mass is 463 g/mol. The van der Waals surface area contributed by atoms with Crippen LogP contribution in [0.25, 0.3) is 11.1 Å². The molecule has 176 valence electrons. The molecule has 4 rings (SSSR count). The lowest BCUT2D eigenvalue weighted by atomic mass is 10.2. The first-order chi connectivity index (χ1) is 15.8. The second-order valence-corrected chi connectivity index (χ2v) is 7.94. The molecular formula is C23H24F3N3O4. The standard InChI is InChI=1S/C23H24F3N3O4/c24-23(25,26)33-18-9-7-17(8-10-18)16-27-12-14-28(15-13-27)21(30)6-3-11-29-19-4-1-2-5-20(19)32-22(29)31/h1-2,4-5,7-10H,3,6,11-16H2. The average Bonchev–Trinajstić information content (AvgIpc) is 3.10. The number of halogens is 3. The van der Waals surface area contributed by atoms with Gasteiger partial charge in [0, 0.05) is 45.7 Å². The molecule has 33 heavy (non-hydrogen) atoms. The van der Waals surface area contributed by atoms with E-state index in [1.807, 2.05) is 17.0 Å². The van der Waals surface area contributed by atoms with Crippen molar-refractivity contribution < 1.29 is 27.1 Å². The number of amides is 1. The van der Waals surface area contributed by atoms with Gasteiger partial charge in [-0.1, -0.05) is 24.3 Å². The van der Waals surface area contributed by atoms with Gasteiger partial charge < -0.3 is 14.1 Å². The fraction of sp³-hybridized carbons (Fsp3) is 0.391. The second-order valence-electron chi connectivity index (χ2n) is 7.94. The molecule has 0 atom stereocenters. The highest BCUT2D eigenvalue weighted by Crippen LogP contribution is 2.23. The zero-order valence-electron chi connectivity index (χ0n) is 17.9. The minimum Gasteiger partial charge on any atom is -0.408 e. The molecule has 0 aliphatic carbocycles. The van der Waals surface area contributed by atoms with Crippen molar-refractivity contribution >= 4 is 17.0 Å². The number of carbonyl (C=O) groups is 1. The highest BCUT2D eigenvalue weighted by atomic mass is 19.4. The van der Waals surface area contributed by atoms with Crippen molar-refractivity contribution in [1.82, 2.24) is 14.4 Å². The van der Waals surface area contributed by atoms with E-state index in [9.17, 15) is 22.8 Å². The van der Waals surface area contributed by atoms with Crippen LogP contribution in [-0.2, 0) is 17.9 Å².